The summed E-state index contributed by atoms with van der Waals surface area (Å²) < 4.78 is 2.43. The molecule has 0 saturated carbocycles. The van der Waals surface area contributed by atoms with Crippen LogP contribution in [0.2, 0.25) is 0 Å². The van der Waals surface area contributed by atoms with Crippen LogP contribution in [-0.2, 0) is 0 Å². The Hall–Kier alpha value is -8.47. The van der Waals surface area contributed by atoms with E-state index in [1.165, 1.54) is 26.9 Å². The van der Waals surface area contributed by atoms with Crippen LogP contribution in [0.4, 0.5) is 0 Å². The minimum absolute atomic E-state index is 0.603. The number of para-hydroxylation sites is 1. The summed E-state index contributed by atoms with van der Waals surface area (Å²) in [5, 5.41) is 7.14. The van der Waals surface area contributed by atoms with Gasteiger partial charge in [0.1, 0.15) is 0 Å². The van der Waals surface area contributed by atoms with Crippen LogP contribution in [-0.4, -0.2) is 19.5 Å². The van der Waals surface area contributed by atoms with Gasteiger partial charge in [0.05, 0.1) is 11.0 Å². The maximum absolute atomic E-state index is 5.46. The van der Waals surface area contributed by atoms with Gasteiger partial charge >= 0.3 is 0 Å². The van der Waals surface area contributed by atoms with Crippen LogP contribution in [0.5, 0.6) is 0 Å². The Bertz CT molecular complexity index is 3670. The summed E-state index contributed by atoms with van der Waals surface area (Å²) in [5.41, 5.74) is 12.6. The molecular weight excluding hydrogens is 765 g/mol. The van der Waals surface area contributed by atoms with Crippen molar-refractivity contribution in [1.82, 2.24) is 19.5 Å². The fraction of sp³-hybridized carbons (Fsp3) is 0. The van der Waals surface area contributed by atoms with Crippen LogP contribution in [0.1, 0.15) is 0 Å². The third-order valence-electron chi connectivity index (χ3n) is 12.2. The third kappa shape index (κ3) is 6.53. The molecule has 294 valence electrons. The molecule has 0 unspecified atom stereocenters. The zero-order valence-electron chi connectivity index (χ0n) is 34.2. The van der Waals surface area contributed by atoms with Gasteiger partial charge in [-0.05, 0) is 97.4 Å². The number of rotatable bonds is 7. The average Bonchev–Trinajstić information content (AvgIpc) is 3.68. The first-order chi connectivity index (χ1) is 31.2. The Kier molecular flexibility index (Phi) is 8.79. The van der Waals surface area contributed by atoms with Crippen molar-refractivity contribution in [2.45, 2.75) is 0 Å². The number of aromatic nitrogens is 4. The first-order valence-corrected chi connectivity index (χ1v) is 21.3. The molecule has 0 radical (unpaired) electrons. The van der Waals surface area contributed by atoms with Crippen molar-refractivity contribution < 1.29 is 0 Å². The number of hydrogen-bond acceptors (Lipinski definition) is 3. The van der Waals surface area contributed by atoms with Gasteiger partial charge in [-0.25, -0.2) is 15.0 Å². The van der Waals surface area contributed by atoms with Crippen LogP contribution in [0.25, 0.3) is 117 Å². The second kappa shape index (κ2) is 15.2. The zero-order valence-corrected chi connectivity index (χ0v) is 34.2. The Morgan fingerprint density at radius 1 is 0.270 bits per heavy atom. The van der Waals surface area contributed by atoms with Crippen LogP contribution in [0.3, 0.4) is 0 Å². The highest BCUT2D eigenvalue weighted by Crippen LogP contribution is 2.44. The van der Waals surface area contributed by atoms with Crippen molar-refractivity contribution in [3.63, 3.8) is 0 Å². The first kappa shape index (κ1) is 36.4. The van der Waals surface area contributed by atoms with E-state index >= 15 is 0 Å². The van der Waals surface area contributed by atoms with Crippen molar-refractivity contribution in [3.8, 4) is 73.2 Å². The molecule has 4 heteroatoms. The van der Waals surface area contributed by atoms with Crippen LogP contribution < -0.4 is 0 Å². The van der Waals surface area contributed by atoms with E-state index in [2.05, 4.69) is 217 Å². The summed E-state index contributed by atoms with van der Waals surface area (Å²) in [7, 11) is 0. The highest BCUT2D eigenvalue weighted by atomic mass is 15.0. The van der Waals surface area contributed by atoms with E-state index in [1.807, 2.05) is 18.2 Å². The van der Waals surface area contributed by atoms with Gasteiger partial charge in [0.15, 0.2) is 17.5 Å². The predicted molar refractivity (Wildman–Crippen MR) is 262 cm³/mol. The quantitative estimate of drug-likeness (QED) is 0.161. The SMILES string of the molecule is c1ccc(-c2cccc(-c3cc(-n4c5ccccc5c5cc6ccccc6cc54)cc(-c4ccccc4)c3-c3nc(-c4ccccc4)nc(-c4ccc5ccccc5c4)n3)c2)cc1. The van der Waals surface area contributed by atoms with Crippen molar-refractivity contribution in [2.75, 3.05) is 0 Å². The summed E-state index contributed by atoms with van der Waals surface area (Å²) in [5.74, 6) is 1.84. The van der Waals surface area contributed by atoms with Crippen molar-refractivity contribution >= 4 is 43.4 Å². The molecule has 0 aliphatic rings. The van der Waals surface area contributed by atoms with Crippen LogP contribution in [0, 0.1) is 0 Å². The van der Waals surface area contributed by atoms with E-state index in [0.29, 0.717) is 17.5 Å². The molecule has 0 atom stereocenters. The molecule has 0 N–H and O–H groups in total. The van der Waals surface area contributed by atoms with Gasteiger partial charge in [-0.15, -0.1) is 0 Å². The molecule has 2 aromatic heterocycles. The summed E-state index contributed by atoms with van der Waals surface area (Å²) in [6.07, 6.45) is 0. The molecule has 0 fully saturated rings. The Morgan fingerprint density at radius 3 is 1.52 bits per heavy atom. The fourth-order valence-corrected chi connectivity index (χ4v) is 9.16. The first-order valence-electron chi connectivity index (χ1n) is 21.3. The normalized spacial score (nSPS) is 11.5. The molecule has 12 rings (SSSR count). The molecule has 0 spiro atoms. The van der Waals surface area contributed by atoms with Crippen molar-refractivity contribution in [1.29, 1.82) is 0 Å². The van der Waals surface area contributed by atoms with Gasteiger partial charge in [0, 0.05) is 33.2 Å². The molecule has 0 aliphatic carbocycles. The Morgan fingerprint density at radius 2 is 0.794 bits per heavy atom. The van der Waals surface area contributed by atoms with Crippen molar-refractivity contribution in [3.05, 3.63) is 231 Å². The summed E-state index contributed by atoms with van der Waals surface area (Å²) >= 11 is 0. The molecule has 0 saturated heterocycles. The average molecular weight is 803 g/mol. The molecule has 4 nitrogen and oxygen atoms in total. The van der Waals surface area contributed by atoms with E-state index in [9.17, 15) is 0 Å². The molecule has 0 aliphatic heterocycles. The number of hydrogen-bond donors (Lipinski definition) is 0. The standard InChI is InChI=1S/C59H38N4/c1-4-17-39(18-5-1)44-27-16-28-47(33-44)52-38-49(63-54-30-15-14-29-50(54)53-35-45-25-12-13-26-46(45)36-55(53)63)37-51(41-20-6-2-7-21-41)56(52)59-61-57(42-22-8-3-9-23-42)60-58(62-59)48-32-31-40-19-10-11-24-43(40)34-48/h1-38H. The lowest BCUT2D eigenvalue weighted by atomic mass is 9.89. The minimum Gasteiger partial charge on any atom is -0.309 e. The summed E-state index contributed by atoms with van der Waals surface area (Å²) in [6.45, 7) is 0. The largest absolute Gasteiger partial charge is 0.309 e. The van der Waals surface area contributed by atoms with Gasteiger partial charge in [-0.1, -0.05) is 188 Å². The molecule has 0 amide bonds. The van der Waals surface area contributed by atoms with Gasteiger partial charge in [0.2, 0.25) is 0 Å². The molecular formula is C59H38N4. The van der Waals surface area contributed by atoms with Gasteiger partial charge < -0.3 is 4.57 Å². The van der Waals surface area contributed by atoms with Gasteiger partial charge in [0.25, 0.3) is 0 Å². The number of benzene rings is 10. The van der Waals surface area contributed by atoms with E-state index in [4.69, 9.17) is 15.0 Å². The molecule has 63 heavy (non-hydrogen) atoms. The van der Waals surface area contributed by atoms with Gasteiger partial charge in [-0.3, -0.25) is 0 Å². The van der Waals surface area contributed by atoms with E-state index in [0.717, 1.165) is 72.2 Å². The second-order valence-electron chi connectivity index (χ2n) is 16.0. The second-order valence-corrected chi connectivity index (χ2v) is 16.0. The van der Waals surface area contributed by atoms with E-state index < -0.39 is 0 Å². The Balaban J connectivity index is 1.20. The van der Waals surface area contributed by atoms with E-state index in [-0.39, 0.29) is 0 Å². The summed E-state index contributed by atoms with van der Waals surface area (Å²) in [6, 6.07) is 82.0. The predicted octanol–water partition coefficient (Wildman–Crippen LogP) is 15.3. The molecule has 12 aromatic rings. The maximum atomic E-state index is 5.46. The monoisotopic (exact) mass is 802 g/mol. The zero-order chi connectivity index (χ0) is 41.7. The smallest absolute Gasteiger partial charge is 0.165 e. The number of nitrogens with zero attached hydrogens (tertiary/aromatic N) is 4. The molecule has 2 heterocycles. The molecule has 10 aromatic carbocycles. The van der Waals surface area contributed by atoms with Crippen molar-refractivity contribution in [2.24, 2.45) is 0 Å². The molecule has 0 bridgehead atoms. The number of fused-ring (bicyclic) bond motifs is 5. The van der Waals surface area contributed by atoms with Crippen LogP contribution in [0.15, 0.2) is 231 Å². The minimum atomic E-state index is 0.603. The lowest BCUT2D eigenvalue weighted by molar-refractivity contribution is 1.07. The Labute approximate surface area is 365 Å². The highest BCUT2D eigenvalue weighted by Gasteiger charge is 2.24. The summed E-state index contributed by atoms with van der Waals surface area (Å²) in [4.78, 5) is 16.1. The lowest BCUT2D eigenvalue weighted by Crippen LogP contribution is -2.04. The lowest BCUT2D eigenvalue weighted by Gasteiger charge is -2.20. The van der Waals surface area contributed by atoms with Gasteiger partial charge in [-0.2, -0.15) is 0 Å². The maximum Gasteiger partial charge on any atom is 0.165 e. The van der Waals surface area contributed by atoms with E-state index in [1.54, 1.807) is 0 Å². The fourth-order valence-electron chi connectivity index (χ4n) is 9.16. The third-order valence-corrected chi connectivity index (χ3v) is 12.2. The topological polar surface area (TPSA) is 43.6 Å². The highest BCUT2D eigenvalue weighted by molar-refractivity contribution is 6.14. The van der Waals surface area contributed by atoms with Crippen LogP contribution >= 0.6 is 0 Å².